The zero-order valence-corrected chi connectivity index (χ0v) is 13.8. The zero-order chi connectivity index (χ0) is 17.1. The highest BCUT2D eigenvalue weighted by Gasteiger charge is 2.18. The number of anilines is 1. The molecule has 0 amide bonds. The van der Waals surface area contributed by atoms with Crippen molar-refractivity contribution < 1.29 is 9.47 Å². The van der Waals surface area contributed by atoms with E-state index in [0.29, 0.717) is 25.6 Å². The second-order valence-corrected chi connectivity index (χ2v) is 5.53. The van der Waals surface area contributed by atoms with Crippen molar-refractivity contribution in [2.45, 2.75) is 6.54 Å². The first-order valence-corrected chi connectivity index (χ1v) is 7.97. The molecule has 0 fully saturated rings. The van der Waals surface area contributed by atoms with E-state index in [9.17, 15) is 0 Å². The van der Waals surface area contributed by atoms with Gasteiger partial charge in [0.1, 0.15) is 12.3 Å². The molecule has 25 heavy (non-hydrogen) atoms. The first-order chi connectivity index (χ1) is 12.3. The lowest BCUT2D eigenvalue weighted by Gasteiger charge is -2.10. The van der Waals surface area contributed by atoms with Gasteiger partial charge in [0.25, 0.3) is 0 Å². The molecular formula is C18H17N5O2. The number of aromatic nitrogens is 3. The molecule has 1 aliphatic heterocycles. The molecule has 0 unspecified atom stereocenters. The molecule has 0 atom stereocenters. The van der Waals surface area contributed by atoms with Crippen LogP contribution in [0.15, 0.2) is 47.8 Å². The first kappa shape index (κ1) is 15.5. The number of ether oxygens (including phenoxy) is 2. The number of rotatable bonds is 5. The van der Waals surface area contributed by atoms with Gasteiger partial charge >= 0.3 is 0 Å². The molecule has 0 bridgehead atoms. The second kappa shape index (κ2) is 6.82. The van der Waals surface area contributed by atoms with E-state index in [-0.39, 0.29) is 0 Å². The maximum Gasteiger partial charge on any atom is 0.221 e. The van der Waals surface area contributed by atoms with E-state index in [1.165, 1.54) is 0 Å². The third-order valence-corrected chi connectivity index (χ3v) is 3.90. The molecule has 0 spiro atoms. The number of hydrogen-bond acceptors (Lipinski definition) is 7. The molecule has 126 valence electrons. The van der Waals surface area contributed by atoms with Crippen LogP contribution in [0.3, 0.4) is 0 Å². The van der Waals surface area contributed by atoms with Crippen LogP contribution in [0.1, 0.15) is 11.4 Å². The molecule has 7 heteroatoms. The molecule has 4 rings (SSSR count). The van der Waals surface area contributed by atoms with Crippen molar-refractivity contribution in [1.82, 2.24) is 15.0 Å². The number of pyridine rings is 1. The lowest BCUT2D eigenvalue weighted by atomic mass is 10.1. The molecule has 7 nitrogen and oxygen atoms in total. The Labute approximate surface area is 144 Å². The van der Waals surface area contributed by atoms with Gasteiger partial charge in [-0.2, -0.15) is 0 Å². The van der Waals surface area contributed by atoms with E-state index >= 15 is 0 Å². The third kappa shape index (κ3) is 3.14. The summed E-state index contributed by atoms with van der Waals surface area (Å²) in [5.74, 6) is 1.35. The number of aliphatic imine (C=N–C) groups is 1. The van der Waals surface area contributed by atoms with Crippen molar-refractivity contribution in [2.75, 3.05) is 25.6 Å². The number of hydrogen-bond donors (Lipinski definition) is 1. The number of benzene rings is 1. The third-order valence-electron chi connectivity index (χ3n) is 3.90. The lowest BCUT2D eigenvalue weighted by molar-refractivity contribution is 0.144. The van der Waals surface area contributed by atoms with Crippen LogP contribution in [0.2, 0.25) is 0 Å². The highest BCUT2D eigenvalue weighted by molar-refractivity contribution is 6.09. The predicted molar refractivity (Wildman–Crippen MR) is 95.0 cm³/mol. The van der Waals surface area contributed by atoms with Crippen molar-refractivity contribution in [3.8, 4) is 5.88 Å². The van der Waals surface area contributed by atoms with Crippen LogP contribution >= 0.6 is 0 Å². The van der Waals surface area contributed by atoms with Crippen LogP contribution in [-0.2, 0) is 11.3 Å². The fraction of sp³-hybridized carbons (Fsp3) is 0.222. The summed E-state index contributed by atoms with van der Waals surface area (Å²) in [7, 11) is 1.64. The van der Waals surface area contributed by atoms with E-state index in [1.807, 2.05) is 24.3 Å². The average Bonchev–Trinajstić information content (AvgIpc) is 3.05. The van der Waals surface area contributed by atoms with Gasteiger partial charge in [0, 0.05) is 36.8 Å². The molecular weight excluding hydrogens is 318 g/mol. The Bertz CT molecular complexity index is 942. The van der Waals surface area contributed by atoms with Crippen LogP contribution in [0.25, 0.3) is 10.8 Å². The second-order valence-electron chi connectivity index (χ2n) is 5.53. The monoisotopic (exact) mass is 335 g/mol. The van der Waals surface area contributed by atoms with Crippen molar-refractivity contribution in [1.29, 1.82) is 0 Å². The summed E-state index contributed by atoms with van der Waals surface area (Å²) in [6, 6.07) is 7.95. The summed E-state index contributed by atoms with van der Waals surface area (Å²) in [5, 5.41) is 5.32. The van der Waals surface area contributed by atoms with Gasteiger partial charge in [-0.05, 0) is 29.7 Å². The summed E-state index contributed by atoms with van der Waals surface area (Å²) in [6.45, 7) is 1.55. The van der Waals surface area contributed by atoms with Gasteiger partial charge in [0.15, 0.2) is 5.84 Å². The molecule has 0 saturated carbocycles. The topological polar surface area (TPSA) is 81.5 Å². The van der Waals surface area contributed by atoms with E-state index in [0.717, 1.165) is 33.7 Å². The Morgan fingerprint density at radius 1 is 1.04 bits per heavy atom. The van der Waals surface area contributed by atoms with Crippen molar-refractivity contribution in [3.63, 3.8) is 0 Å². The Balaban J connectivity index is 1.58. The van der Waals surface area contributed by atoms with Crippen molar-refractivity contribution in [3.05, 3.63) is 54.2 Å². The summed E-state index contributed by atoms with van der Waals surface area (Å²) < 4.78 is 10.7. The van der Waals surface area contributed by atoms with Crippen LogP contribution in [-0.4, -0.2) is 41.1 Å². The first-order valence-electron chi connectivity index (χ1n) is 7.97. The fourth-order valence-corrected chi connectivity index (χ4v) is 2.71. The Kier molecular flexibility index (Phi) is 4.22. The number of nitrogens with one attached hydrogen (secondary N) is 1. The quantitative estimate of drug-likeness (QED) is 0.721. The molecule has 0 saturated heterocycles. The summed E-state index contributed by atoms with van der Waals surface area (Å²) in [4.78, 5) is 17.4. The molecule has 3 aromatic rings. The fourth-order valence-electron chi connectivity index (χ4n) is 2.71. The van der Waals surface area contributed by atoms with Gasteiger partial charge in [0.2, 0.25) is 5.88 Å². The maximum atomic E-state index is 5.68. The molecule has 3 heterocycles. The van der Waals surface area contributed by atoms with Crippen LogP contribution in [0, 0.1) is 0 Å². The Morgan fingerprint density at radius 2 is 1.96 bits per heavy atom. The summed E-state index contributed by atoms with van der Waals surface area (Å²) in [6.07, 6.45) is 5.10. The highest BCUT2D eigenvalue weighted by atomic mass is 16.5. The van der Waals surface area contributed by atoms with E-state index in [1.54, 1.807) is 25.7 Å². The minimum Gasteiger partial charge on any atom is -0.475 e. The predicted octanol–water partition coefficient (Wildman–Crippen LogP) is 2.42. The normalized spacial score (nSPS) is 12.8. The van der Waals surface area contributed by atoms with Gasteiger partial charge in [-0.1, -0.05) is 0 Å². The molecule has 1 N–H and O–H groups in total. The highest BCUT2D eigenvalue weighted by Crippen LogP contribution is 2.26. The molecule has 1 aliphatic rings. The van der Waals surface area contributed by atoms with Crippen LogP contribution < -0.4 is 10.1 Å². The molecule has 1 aromatic carbocycles. The lowest BCUT2D eigenvalue weighted by Crippen LogP contribution is -2.13. The summed E-state index contributed by atoms with van der Waals surface area (Å²) in [5.41, 5.74) is 2.63. The number of nitrogens with zero attached hydrogens (tertiary/aromatic N) is 4. The van der Waals surface area contributed by atoms with Crippen LogP contribution in [0.4, 0.5) is 5.69 Å². The SMILES string of the molecule is COCCOc1nccc2cc(NC3=NCc4nccnc43)ccc12. The largest absolute Gasteiger partial charge is 0.475 e. The number of fused-ring (bicyclic) bond motifs is 2. The number of methoxy groups -OCH3 is 1. The molecule has 0 aliphatic carbocycles. The Hall–Kier alpha value is -3.06. The summed E-state index contributed by atoms with van der Waals surface area (Å²) >= 11 is 0. The zero-order valence-electron chi connectivity index (χ0n) is 13.8. The Morgan fingerprint density at radius 3 is 2.88 bits per heavy atom. The molecule has 0 radical (unpaired) electrons. The minimum absolute atomic E-state index is 0.467. The van der Waals surface area contributed by atoms with Gasteiger partial charge in [-0.25, -0.2) is 9.97 Å². The molecule has 2 aromatic heterocycles. The average molecular weight is 335 g/mol. The van der Waals surface area contributed by atoms with Gasteiger partial charge in [-0.15, -0.1) is 0 Å². The van der Waals surface area contributed by atoms with Gasteiger partial charge in [-0.3, -0.25) is 9.98 Å². The van der Waals surface area contributed by atoms with Crippen molar-refractivity contribution in [2.24, 2.45) is 4.99 Å². The van der Waals surface area contributed by atoms with Crippen molar-refractivity contribution >= 4 is 22.3 Å². The smallest absolute Gasteiger partial charge is 0.221 e. The van der Waals surface area contributed by atoms with E-state index < -0.39 is 0 Å². The maximum absolute atomic E-state index is 5.68. The van der Waals surface area contributed by atoms with E-state index in [4.69, 9.17) is 9.47 Å². The van der Waals surface area contributed by atoms with Gasteiger partial charge in [0.05, 0.1) is 18.8 Å². The van der Waals surface area contributed by atoms with Gasteiger partial charge < -0.3 is 14.8 Å². The minimum atomic E-state index is 0.467. The van der Waals surface area contributed by atoms with E-state index in [2.05, 4.69) is 25.3 Å². The van der Waals surface area contributed by atoms with Crippen LogP contribution in [0.5, 0.6) is 5.88 Å². The number of amidine groups is 1. The standard InChI is InChI=1S/C18H17N5O2/c1-24-8-9-25-18-14-3-2-13(10-12(14)4-5-21-18)23-17-16-15(11-22-17)19-6-7-20-16/h2-7,10H,8-9,11H2,1H3,(H,22,23).